The Kier molecular flexibility index (Phi) is 13.3. The standard InChI is InChI=1S/C41H27N3.C31H23N.C17H11Br.FH/c1-41(2)34-13-7-5-12-31(34)32-18-15-27(22-35(32)41)26-17-19-37-33(21-26)40-30-11-4-3-9-25(30)16-20-38(40)44(37)39-23-28(24-42)29-10-6-8-14-36(29)43-39;1-31(2)26-10-6-5-9-23(26)24-14-11-21(18-27(24)31)20-13-15-28-25(17-20)30-22-8-4-3-7-19(22)12-16-29(30)32-28;18-14-8-7-12-9-13-6-5-11-3-1-2-4-15(11)17(13)16(12)10-14;/h3-23H,1-2H3;3-18,32H,1-2H3;1-8,10H,9H2;1H/p-1. The van der Waals surface area contributed by atoms with Gasteiger partial charge in [0, 0.05) is 53.3 Å². The van der Waals surface area contributed by atoms with E-state index in [4.69, 9.17) is 4.98 Å². The average Bonchev–Trinajstić information content (AvgIpc) is 1.59. The van der Waals surface area contributed by atoms with Gasteiger partial charge in [0.2, 0.25) is 0 Å². The Bertz CT molecular complexity index is 6130. The van der Waals surface area contributed by atoms with Crippen molar-refractivity contribution < 1.29 is 4.70 Å². The number of aromatic nitrogens is 3. The molecule has 0 spiro atoms. The number of H-pyrrole nitrogens is 1. The molecule has 0 unspecified atom stereocenters. The van der Waals surface area contributed by atoms with Crippen molar-refractivity contribution in [1.29, 1.82) is 5.26 Å². The van der Waals surface area contributed by atoms with Gasteiger partial charge in [-0.25, -0.2) is 4.98 Å². The van der Waals surface area contributed by atoms with Crippen LogP contribution in [0.2, 0.25) is 0 Å². The maximum Gasteiger partial charge on any atom is 0.139 e. The number of nitrogens with one attached hydrogen (secondary N) is 1. The summed E-state index contributed by atoms with van der Waals surface area (Å²) >= 11 is 3.58. The third kappa shape index (κ3) is 9.01. The van der Waals surface area contributed by atoms with Crippen LogP contribution in [0, 0.1) is 11.3 Å². The van der Waals surface area contributed by atoms with Gasteiger partial charge in [0.15, 0.2) is 0 Å². The van der Waals surface area contributed by atoms with Crippen LogP contribution in [0.5, 0.6) is 0 Å². The largest absolute Gasteiger partial charge is 1.00 e. The molecule has 95 heavy (non-hydrogen) atoms. The summed E-state index contributed by atoms with van der Waals surface area (Å²) in [5.41, 5.74) is 27.6. The Labute approximate surface area is 558 Å². The van der Waals surface area contributed by atoms with Gasteiger partial charge < -0.3 is 9.69 Å². The number of nitrogens with zero attached hydrogens (tertiary/aromatic N) is 3. The summed E-state index contributed by atoms with van der Waals surface area (Å²) in [6, 6.07) is 103. The number of rotatable bonds is 3. The molecule has 0 fully saturated rings. The van der Waals surface area contributed by atoms with Crippen molar-refractivity contribution in [2.24, 2.45) is 0 Å². The average molecular weight is 1290 g/mol. The van der Waals surface area contributed by atoms with Crippen LogP contribution in [0.1, 0.15) is 66.6 Å². The van der Waals surface area contributed by atoms with E-state index in [0.717, 1.165) is 38.6 Å². The second kappa shape index (κ2) is 22.0. The van der Waals surface area contributed by atoms with Crippen LogP contribution < -0.4 is 4.70 Å². The fourth-order valence-electron chi connectivity index (χ4n) is 16.1. The summed E-state index contributed by atoms with van der Waals surface area (Å²) in [4.78, 5) is 8.69. The summed E-state index contributed by atoms with van der Waals surface area (Å²) in [6.07, 6.45) is 1.06. The van der Waals surface area contributed by atoms with E-state index in [1.807, 2.05) is 30.3 Å². The first kappa shape index (κ1) is 57.7. The van der Waals surface area contributed by atoms with Gasteiger partial charge >= 0.3 is 0 Å². The lowest BCUT2D eigenvalue weighted by molar-refractivity contribution is -0.0000181. The zero-order valence-corrected chi connectivity index (χ0v) is 54.4. The van der Waals surface area contributed by atoms with Crippen LogP contribution in [-0.4, -0.2) is 14.5 Å². The van der Waals surface area contributed by atoms with Crippen molar-refractivity contribution in [3.8, 4) is 67.5 Å². The SMILES string of the molecule is Brc1ccc2c(c1)-c1c(ccc3ccccc13)C2.CC1(C)c2ccccc2-c2ccc(-c3ccc4[nH]c5ccc6ccccc6c5c4c3)cc21.CC1(C)c2ccccc2-c2ccc(-c3ccc4c(c3)c3c5ccccc5ccc3n4-c3cc(C#N)c4ccccc4n3)cc21.[F-]. The number of fused-ring (bicyclic) bond motifs is 22. The van der Waals surface area contributed by atoms with Gasteiger partial charge in [-0.3, -0.25) is 4.57 Å². The van der Waals surface area contributed by atoms with E-state index < -0.39 is 0 Å². The van der Waals surface area contributed by atoms with E-state index in [1.165, 1.54) is 154 Å². The van der Waals surface area contributed by atoms with Crippen molar-refractivity contribution in [2.45, 2.75) is 44.9 Å². The molecule has 3 aliphatic rings. The smallest absolute Gasteiger partial charge is 0.139 e. The maximum atomic E-state index is 10.1. The topological polar surface area (TPSA) is 57.4 Å². The van der Waals surface area contributed by atoms with Crippen LogP contribution in [0.15, 0.2) is 284 Å². The molecule has 452 valence electrons. The molecule has 1 N–H and O–H groups in total. The molecule has 0 bridgehead atoms. The van der Waals surface area contributed by atoms with Crippen LogP contribution >= 0.6 is 15.9 Å². The minimum absolute atomic E-state index is 0. The summed E-state index contributed by atoms with van der Waals surface area (Å²) in [5.74, 6) is 0.750. The number of pyridine rings is 1. The van der Waals surface area contributed by atoms with Crippen molar-refractivity contribution in [2.75, 3.05) is 0 Å². The maximum absolute atomic E-state index is 10.1. The molecule has 3 aromatic heterocycles. The third-order valence-corrected chi connectivity index (χ3v) is 21.3. The molecule has 14 aromatic carbocycles. The first-order chi connectivity index (χ1) is 46.0. The fourth-order valence-corrected chi connectivity index (χ4v) is 16.5. The molecule has 20 rings (SSSR count). The number of hydrogen-bond acceptors (Lipinski definition) is 2. The highest BCUT2D eigenvalue weighted by atomic mass is 79.9. The van der Waals surface area contributed by atoms with E-state index in [0.29, 0.717) is 5.56 Å². The molecule has 17 aromatic rings. The van der Waals surface area contributed by atoms with Gasteiger partial charge in [0.05, 0.1) is 28.2 Å². The molecule has 0 aliphatic heterocycles. The molecule has 0 atom stereocenters. The Balaban J connectivity index is 0.000000117. The quantitative estimate of drug-likeness (QED) is 0.192. The summed E-state index contributed by atoms with van der Waals surface area (Å²) < 4.78 is 3.37. The molecule has 3 heterocycles. The summed E-state index contributed by atoms with van der Waals surface area (Å²) in [6.45, 7) is 9.35. The van der Waals surface area contributed by atoms with Gasteiger partial charge in [-0.15, -0.1) is 0 Å². The van der Waals surface area contributed by atoms with Gasteiger partial charge in [-0.05, 0) is 201 Å². The Morgan fingerprint density at radius 2 is 0.895 bits per heavy atom. The van der Waals surface area contributed by atoms with Crippen molar-refractivity contribution >= 4 is 103 Å². The van der Waals surface area contributed by atoms with Crippen LogP contribution in [0.25, 0.3) is 148 Å². The fraction of sp³-hybridized carbons (Fsp3) is 0.0787. The van der Waals surface area contributed by atoms with Crippen LogP contribution in [0.3, 0.4) is 0 Å². The number of hydrogen-bond donors (Lipinski definition) is 1. The molecular formula is C89H61BrFN4-. The first-order valence-corrected chi connectivity index (χ1v) is 33.2. The number of para-hydroxylation sites is 1. The molecule has 0 radical (unpaired) electrons. The second-order valence-electron chi connectivity index (χ2n) is 26.7. The molecule has 0 saturated carbocycles. The van der Waals surface area contributed by atoms with Gasteiger partial charge in [0.25, 0.3) is 0 Å². The zero-order chi connectivity index (χ0) is 63.1. The first-order valence-electron chi connectivity index (χ1n) is 32.5. The molecule has 4 nitrogen and oxygen atoms in total. The van der Waals surface area contributed by atoms with Gasteiger partial charge in [0.1, 0.15) is 5.82 Å². The lowest BCUT2D eigenvalue weighted by Gasteiger charge is -2.22. The Hall–Kier alpha value is -11.2. The predicted octanol–water partition coefficient (Wildman–Crippen LogP) is 21.0. The van der Waals surface area contributed by atoms with E-state index >= 15 is 0 Å². The summed E-state index contributed by atoms with van der Waals surface area (Å²) in [7, 11) is 0. The van der Waals surface area contributed by atoms with Gasteiger partial charge in [-0.1, -0.05) is 250 Å². The van der Waals surface area contributed by atoms with E-state index in [2.05, 4.69) is 308 Å². The van der Waals surface area contributed by atoms with E-state index in [9.17, 15) is 5.26 Å². The van der Waals surface area contributed by atoms with E-state index in [-0.39, 0.29) is 15.5 Å². The minimum atomic E-state index is -0.0571. The molecule has 3 aliphatic carbocycles. The van der Waals surface area contributed by atoms with Crippen molar-refractivity contribution in [1.82, 2.24) is 14.5 Å². The summed E-state index contributed by atoms with van der Waals surface area (Å²) in [5, 5.41) is 23.6. The molecule has 0 saturated heterocycles. The van der Waals surface area contributed by atoms with Crippen molar-refractivity contribution in [3.63, 3.8) is 0 Å². The molecular weight excluding hydrogens is 1220 g/mol. The normalized spacial score (nSPS) is 13.3. The lowest BCUT2D eigenvalue weighted by Crippen LogP contribution is -3.00. The van der Waals surface area contributed by atoms with Crippen LogP contribution in [0.4, 0.5) is 0 Å². The molecule has 6 heteroatoms. The van der Waals surface area contributed by atoms with Crippen LogP contribution in [-0.2, 0) is 17.3 Å². The Morgan fingerprint density at radius 3 is 1.57 bits per heavy atom. The van der Waals surface area contributed by atoms with E-state index in [1.54, 1.807) is 0 Å². The number of halogens is 2. The predicted molar refractivity (Wildman–Crippen MR) is 398 cm³/mol. The highest BCUT2D eigenvalue weighted by molar-refractivity contribution is 9.10. The Morgan fingerprint density at radius 1 is 0.400 bits per heavy atom. The second-order valence-corrected chi connectivity index (χ2v) is 27.6. The highest BCUT2D eigenvalue weighted by Crippen LogP contribution is 2.52. The highest BCUT2D eigenvalue weighted by Gasteiger charge is 2.37. The zero-order valence-electron chi connectivity index (χ0n) is 52.9. The minimum Gasteiger partial charge on any atom is -1.00 e. The lowest BCUT2D eigenvalue weighted by atomic mass is 9.81. The van der Waals surface area contributed by atoms with Gasteiger partial charge in [-0.2, -0.15) is 5.26 Å². The molecule has 0 amide bonds. The number of benzene rings is 14. The monoisotopic (exact) mass is 1280 g/mol. The number of nitriles is 1. The third-order valence-electron chi connectivity index (χ3n) is 20.8. The number of aromatic amines is 1. The van der Waals surface area contributed by atoms with Crippen molar-refractivity contribution in [3.05, 3.63) is 322 Å².